The van der Waals surface area contributed by atoms with Crippen LogP contribution in [-0.2, 0) is 7.05 Å². The van der Waals surface area contributed by atoms with Crippen LogP contribution in [0.1, 0.15) is 43.6 Å². The Morgan fingerprint density at radius 3 is 2.72 bits per heavy atom. The molecular formula is C13H22N4O. The molecule has 0 aromatic carbocycles. The number of nitrogen functional groups attached to an aromatic ring is 1. The van der Waals surface area contributed by atoms with Crippen molar-refractivity contribution in [2.24, 2.45) is 13.0 Å². The summed E-state index contributed by atoms with van der Waals surface area (Å²) in [6.07, 6.45) is 4.92. The number of rotatable bonds is 5. The molecule has 18 heavy (non-hydrogen) atoms. The van der Waals surface area contributed by atoms with E-state index < -0.39 is 0 Å². The van der Waals surface area contributed by atoms with Gasteiger partial charge in [-0.2, -0.15) is 5.10 Å². The monoisotopic (exact) mass is 250 g/mol. The smallest absolute Gasteiger partial charge is 0.276 e. The Morgan fingerprint density at radius 1 is 1.61 bits per heavy atom. The topological polar surface area (TPSA) is 64.2 Å². The summed E-state index contributed by atoms with van der Waals surface area (Å²) in [5, 5.41) is 4.17. The summed E-state index contributed by atoms with van der Waals surface area (Å²) in [6, 6.07) is 0.401. The Balaban J connectivity index is 2.10. The highest BCUT2D eigenvalue weighted by Gasteiger charge is 2.34. The Kier molecular flexibility index (Phi) is 3.59. The van der Waals surface area contributed by atoms with Gasteiger partial charge in [-0.05, 0) is 25.2 Å². The van der Waals surface area contributed by atoms with Crippen molar-refractivity contribution in [3.8, 4) is 0 Å². The molecule has 1 aromatic rings. The second-order valence-electron chi connectivity index (χ2n) is 5.52. The summed E-state index contributed by atoms with van der Waals surface area (Å²) in [6.45, 7) is 5.15. The molecule has 1 saturated carbocycles. The quantitative estimate of drug-likeness (QED) is 0.864. The van der Waals surface area contributed by atoms with Crippen LogP contribution in [0.25, 0.3) is 0 Å². The fourth-order valence-electron chi connectivity index (χ4n) is 2.04. The molecule has 5 nitrogen and oxygen atoms in total. The van der Waals surface area contributed by atoms with E-state index in [1.165, 1.54) is 0 Å². The fraction of sp³-hybridized carbons (Fsp3) is 0.692. The number of carbonyl (C=O) groups excluding carboxylic acids is 1. The highest BCUT2D eigenvalue weighted by atomic mass is 16.2. The molecule has 1 aromatic heterocycles. The van der Waals surface area contributed by atoms with E-state index in [1.54, 1.807) is 17.9 Å². The zero-order valence-electron chi connectivity index (χ0n) is 11.4. The Morgan fingerprint density at radius 2 is 2.28 bits per heavy atom. The zero-order valence-corrected chi connectivity index (χ0v) is 11.4. The first-order valence-corrected chi connectivity index (χ1v) is 6.59. The lowest BCUT2D eigenvalue weighted by Gasteiger charge is -2.22. The normalized spacial score (nSPS) is 15.1. The molecule has 1 heterocycles. The van der Waals surface area contributed by atoms with Crippen LogP contribution in [0.4, 0.5) is 5.69 Å². The van der Waals surface area contributed by atoms with E-state index in [4.69, 9.17) is 5.73 Å². The lowest BCUT2D eigenvalue weighted by atomic mass is 10.1. The Hall–Kier alpha value is -1.52. The molecule has 0 bridgehead atoms. The predicted octanol–water partition coefficient (Wildman–Crippen LogP) is 1.65. The van der Waals surface area contributed by atoms with Gasteiger partial charge in [-0.15, -0.1) is 0 Å². The molecule has 0 aliphatic heterocycles. The molecule has 2 N–H and O–H groups in total. The number of carbonyl (C=O) groups is 1. The summed E-state index contributed by atoms with van der Waals surface area (Å²) in [5.74, 6) is 0.580. The first kappa shape index (κ1) is 12.9. The molecule has 0 unspecified atom stereocenters. The Bertz CT molecular complexity index is 434. The summed E-state index contributed by atoms with van der Waals surface area (Å²) in [4.78, 5) is 14.4. The van der Waals surface area contributed by atoms with Crippen LogP contribution in [-0.4, -0.2) is 33.2 Å². The van der Waals surface area contributed by atoms with Gasteiger partial charge in [0.05, 0.1) is 5.69 Å². The van der Waals surface area contributed by atoms with Crippen molar-refractivity contribution in [2.45, 2.75) is 39.2 Å². The molecule has 1 fully saturated rings. The average molecular weight is 250 g/mol. The fourth-order valence-corrected chi connectivity index (χ4v) is 2.04. The van der Waals surface area contributed by atoms with Crippen molar-refractivity contribution in [1.82, 2.24) is 14.7 Å². The van der Waals surface area contributed by atoms with Crippen molar-refractivity contribution in [2.75, 3.05) is 12.3 Å². The third-order valence-corrected chi connectivity index (χ3v) is 3.26. The largest absolute Gasteiger partial charge is 0.396 e. The van der Waals surface area contributed by atoms with Gasteiger partial charge in [0, 0.05) is 25.8 Å². The number of aryl methyl sites for hydroxylation is 1. The van der Waals surface area contributed by atoms with Crippen molar-refractivity contribution in [1.29, 1.82) is 0 Å². The molecular weight excluding hydrogens is 228 g/mol. The first-order chi connectivity index (χ1) is 8.49. The highest BCUT2D eigenvalue weighted by molar-refractivity contribution is 5.97. The lowest BCUT2D eigenvalue weighted by molar-refractivity contribution is 0.0729. The molecule has 5 heteroatoms. The van der Waals surface area contributed by atoms with Gasteiger partial charge in [0.25, 0.3) is 5.91 Å². The van der Waals surface area contributed by atoms with E-state index in [0.29, 0.717) is 23.3 Å². The maximum atomic E-state index is 12.4. The molecule has 2 rings (SSSR count). The number of hydrogen-bond acceptors (Lipinski definition) is 3. The number of anilines is 1. The van der Waals surface area contributed by atoms with Gasteiger partial charge in [-0.25, -0.2) is 0 Å². The van der Waals surface area contributed by atoms with Gasteiger partial charge >= 0.3 is 0 Å². The van der Waals surface area contributed by atoms with Gasteiger partial charge in [0.1, 0.15) is 0 Å². The second-order valence-corrected chi connectivity index (χ2v) is 5.52. The Labute approximate surface area is 108 Å². The van der Waals surface area contributed by atoms with Crippen LogP contribution in [0.15, 0.2) is 6.20 Å². The summed E-state index contributed by atoms with van der Waals surface area (Å²) >= 11 is 0. The van der Waals surface area contributed by atoms with Crippen molar-refractivity contribution in [3.63, 3.8) is 0 Å². The minimum atomic E-state index is -0.0174. The first-order valence-electron chi connectivity index (χ1n) is 6.59. The van der Waals surface area contributed by atoms with Crippen LogP contribution in [0.3, 0.4) is 0 Å². The maximum Gasteiger partial charge on any atom is 0.276 e. The second kappa shape index (κ2) is 5.00. The molecule has 0 spiro atoms. The van der Waals surface area contributed by atoms with E-state index in [1.807, 2.05) is 4.90 Å². The summed E-state index contributed by atoms with van der Waals surface area (Å²) in [7, 11) is 1.78. The minimum Gasteiger partial charge on any atom is -0.396 e. The maximum absolute atomic E-state index is 12.4. The van der Waals surface area contributed by atoms with Gasteiger partial charge in [0.15, 0.2) is 5.69 Å². The van der Waals surface area contributed by atoms with Crippen molar-refractivity contribution in [3.05, 3.63) is 11.9 Å². The molecule has 1 aliphatic carbocycles. The third kappa shape index (κ3) is 2.83. The van der Waals surface area contributed by atoms with Gasteiger partial charge in [-0.3, -0.25) is 9.48 Å². The van der Waals surface area contributed by atoms with Crippen LogP contribution in [0, 0.1) is 5.92 Å². The van der Waals surface area contributed by atoms with E-state index in [-0.39, 0.29) is 5.91 Å². The van der Waals surface area contributed by atoms with E-state index >= 15 is 0 Å². The van der Waals surface area contributed by atoms with E-state index in [2.05, 4.69) is 18.9 Å². The van der Waals surface area contributed by atoms with Crippen LogP contribution in [0.5, 0.6) is 0 Å². The predicted molar refractivity (Wildman–Crippen MR) is 71.1 cm³/mol. The number of hydrogen-bond donors (Lipinski definition) is 1. The molecule has 0 saturated heterocycles. The molecule has 0 radical (unpaired) electrons. The number of amides is 1. The van der Waals surface area contributed by atoms with Gasteiger partial charge < -0.3 is 10.6 Å². The third-order valence-electron chi connectivity index (χ3n) is 3.26. The van der Waals surface area contributed by atoms with Crippen LogP contribution in [0.2, 0.25) is 0 Å². The van der Waals surface area contributed by atoms with Crippen LogP contribution < -0.4 is 5.73 Å². The number of nitrogens with zero attached hydrogens (tertiary/aromatic N) is 3. The number of nitrogens with two attached hydrogens (primary N) is 1. The zero-order chi connectivity index (χ0) is 13.3. The molecule has 1 aliphatic rings. The van der Waals surface area contributed by atoms with Gasteiger partial charge in [-0.1, -0.05) is 13.8 Å². The number of aromatic nitrogens is 2. The molecule has 100 valence electrons. The molecule has 0 atom stereocenters. The van der Waals surface area contributed by atoms with E-state index in [9.17, 15) is 4.79 Å². The van der Waals surface area contributed by atoms with Crippen molar-refractivity contribution < 1.29 is 4.79 Å². The van der Waals surface area contributed by atoms with E-state index in [0.717, 1.165) is 25.8 Å². The standard InChI is InChI=1S/C13H22N4O/c1-9(2)6-7-17(10-4-5-10)13(18)12-11(14)8-16(3)15-12/h8-10H,4-7,14H2,1-3H3. The average Bonchev–Trinajstić information content (AvgIpc) is 3.04. The lowest BCUT2D eigenvalue weighted by Crippen LogP contribution is -2.35. The SMILES string of the molecule is CC(C)CCN(C(=O)c1nn(C)cc1N)C1CC1. The summed E-state index contributed by atoms with van der Waals surface area (Å²) < 4.78 is 1.59. The summed E-state index contributed by atoms with van der Waals surface area (Å²) in [5.41, 5.74) is 6.69. The highest BCUT2D eigenvalue weighted by Crippen LogP contribution is 2.29. The van der Waals surface area contributed by atoms with Gasteiger partial charge in [0.2, 0.25) is 0 Å². The van der Waals surface area contributed by atoms with Crippen molar-refractivity contribution >= 4 is 11.6 Å². The minimum absolute atomic E-state index is 0.0174. The molecule has 1 amide bonds. The van der Waals surface area contributed by atoms with Crippen LogP contribution >= 0.6 is 0 Å².